The molecule has 0 aliphatic carbocycles. The van der Waals surface area contributed by atoms with Crippen LogP contribution >= 0.6 is 35.3 Å². The summed E-state index contributed by atoms with van der Waals surface area (Å²) in [6, 6.07) is 5.20. The molecule has 3 heteroatoms. The molecule has 0 saturated carbocycles. The fraction of sp³-hybridized carbons (Fsp3) is 0.922. The minimum atomic E-state index is 1.16. The predicted molar refractivity (Wildman–Crippen MR) is 376 cm³/mol. The molecule has 0 N–H and O–H groups in total. The van der Waals surface area contributed by atoms with Crippen molar-refractivity contribution in [2.24, 2.45) is 0 Å². The molecule has 1 rings (SSSR count). The third-order valence-corrected chi connectivity index (χ3v) is 21.7. The van der Waals surface area contributed by atoms with Crippen molar-refractivity contribution >= 4 is 35.3 Å². The summed E-state index contributed by atoms with van der Waals surface area (Å²) in [5.41, 5.74) is 1.56. The van der Waals surface area contributed by atoms with Gasteiger partial charge in [0.05, 0.1) is 0 Å². The molecule has 0 aliphatic heterocycles. The van der Waals surface area contributed by atoms with Gasteiger partial charge in [0.1, 0.15) is 0 Å². The van der Waals surface area contributed by atoms with Gasteiger partial charge in [-0.1, -0.05) is 413 Å². The van der Waals surface area contributed by atoms with E-state index < -0.39 is 0 Å². The third kappa shape index (κ3) is 57.3. The minimum Gasteiger partial charge on any atom is -0.125 e. The minimum absolute atomic E-state index is 1.16. The molecule has 80 heavy (non-hydrogen) atoms. The van der Waals surface area contributed by atoms with Crippen LogP contribution in [0.3, 0.4) is 0 Å². The van der Waals surface area contributed by atoms with Crippen molar-refractivity contribution in [1.29, 1.82) is 0 Å². The van der Waals surface area contributed by atoms with Gasteiger partial charge in [-0.3, -0.25) is 0 Å². The van der Waals surface area contributed by atoms with Crippen LogP contribution in [0.2, 0.25) is 0 Å². The molecule has 0 nitrogen and oxygen atoms in total. The summed E-state index contributed by atoms with van der Waals surface area (Å²) in [6.45, 7) is 9.34. The lowest BCUT2D eigenvalue weighted by atomic mass is 10.0. The lowest BCUT2D eigenvalue weighted by Gasteiger charge is -2.16. The Hall–Kier alpha value is 0.270. The number of hydrogen-bond donors (Lipinski definition) is 0. The van der Waals surface area contributed by atoms with Crippen LogP contribution in [0.25, 0.3) is 0 Å². The molecule has 0 saturated heterocycles. The summed E-state index contributed by atoms with van der Waals surface area (Å²) in [6.07, 6.45) is 93.1. The Morgan fingerprint density at radius 2 is 0.338 bits per heavy atom. The molecule has 0 unspecified atom stereocenters. The van der Waals surface area contributed by atoms with Crippen LogP contribution in [0.15, 0.2) is 26.8 Å². The molecule has 0 heterocycles. The van der Waals surface area contributed by atoms with Crippen molar-refractivity contribution in [3.63, 3.8) is 0 Å². The second-order valence-corrected chi connectivity index (χ2v) is 29.4. The van der Waals surface area contributed by atoms with Crippen molar-refractivity contribution in [2.75, 3.05) is 17.3 Å². The van der Waals surface area contributed by atoms with Crippen LogP contribution in [-0.4, -0.2) is 17.3 Å². The predicted octanol–water partition coefficient (Wildman–Crippen LogP) is 30.2. The number of thioether (sulfide) groups is 3. The number of rotatable bonds is 70. The highest BCUT2D eigenvalue weighted by Gasteiger charge is 2.14. The summed E-state index contributed by atoms with van der Waals surface area (Å²) in [5, 5.41) is 0. The van der Waals surface area contributed by atoms with E-state index in [4.69, 9.17) is 0 Å². The zero-order valence-electron chi connectivity index (χ0n) is 55.8. The first-order valence-electron chi connectivity index (χ1n) is 37.8. The highest BCUT2D eigenvalue weighted by molar-refractivity contribution is 8.03. The fourth-order valence-corrected chi connectivity index (χ4v) is 16.1. The van der Waals surface area contributed by atoms with E-state index in [0.717, 1.165) is 6.42 Å². The van der Waals surface area contributed by atoms with Gasteiger partial charge in [-0.2, -0.15) is 0 Å². The highest BCUT2D eigenvalue weighted by atomic mass is 32.2. The molecule has 0 bridgehead atoms. The molecule has 0 aromatic heterocycles. The van der Waals surface area contributed by atoms with E-state index in [2.05, 4.69) is 75.1 Å². The fourth-order valence-electron chi connectivity index (χ4n) is 12.3. The average Bonchev–Trinajstić information content (AvgIpc) is 3.49. The van der Waals surface area contributed by atoms with E-state index in [-0.39, 0.29) is 0 Å². The summed E-state index contributed by atoms with van der Waals surface area (Å²) >= 11 is 6.64. The number of hydrogen-bond acceptors (Lipinski definition) is 3. The maximum Gasteiger partial charge on any atom is 0.0344 e. The largest absolute Gasteiger partial charge is 0.125 e. The molecule has 0 fully saturated rings. The van der Waals surface area contributed by atoms with Gasteiger partial charge in [-0.15, -0.1) is 35.3 Å². The molecule has 1 aromatic carbocycles. The summed E-state index contributed by atoms with van der Waals surface area (Å²) < 4.78 is 0. The molecule has 0 spiro atoms. The Morgan fingerprint density at radius 1 is 0.188 bits per heavy atom. The van der Waals surface area contributed by atoms with Crippen molar-refractivity contribution < 1.29 is 0 Å². The summed E-state index contributed by atoms with van der Waals surface area (Å²) in [4.78, 5) is 4.89. The highest BCUT2D eigenvalue weighted by Crippen LogP contribution is 2.41. The van der Waals surface area contributed by atoms with Gasteiger partial charge >= 0.3 is 0 Å². The molecule has 0 atom stereocenters. The molecular weight excluding hydrogens is 1020 g/mol. The normalized spacial score (nSPS) is 11.8. The van der Waals surface area contributed by atoms with Gasteiger partial charge in [0.2, 0.25) is 0 Å². The molecular formula is C77H148S3. The summed E-state index contributed by atoms with van der Waals surface area (Å²) in [7, 11) is 0. The number of benzene rings is 1. The van der Waals surface area contributed by atoms with Crippen molar-refractivity contribution in [1.82, 2.24) is 0 Å². The van der Waals surface area contributed by atoms with Crippen LogP contribution in [-0.2, 0) is 6.42 Å². The lowest BCUT2D eigenvalue weighted by Crippen LogP contribution is -1.94. The zero-order chi connectivity index (χ0) is 57.2. The van der Waals surface area contributed by atoms with Crippen LogP contribution in [0, 0.1) is 0 Å². The zero-order valence-corrected chi connectivity index (χ0v) is 58.2. The van der Waals surface area contributed by atoms with E-state index in [9.17, 15) is 0 Å². The second kappa shape index (κ2) is 68.4. The molecule has 0 amide bonds. The average molecular weight is 1170 g/mol. The topological polar surface area (TPSA) is 0 Å². The van der Waals surface area contributed by atoms with E-state index in [1.807, 2.05) is 0 Å². The number of aryl methyl sites for hydroxylation is 1. The first-order chi connectivity index (χ1) is 39.8. The van der Waals surface area contributed by atoms with Crippen molar-refractivity contribution in [3.05, 3.63) is 17.7 Å². The third-order valence-electron chi connectivity index (χ3n) is 18.0. The second-order valence-electron chi connectivity index (χ2n) is 26.0. The van der Waals surface area contributed by atoms with Crippen LogP contribution in [0.4, 0.5) is 0 Å². The molecule has 0 radical (unpaired) electrons. The van der Waals surface area contributed by atoms with Gasteiger partial charge in [0, 0.05) is 14.7 Å². The first kappa shape index (κ1) is 78.3. The Kier molecular flexibility index (Phi) is 66.9. The van der Waals surface area contributed by atoms with Crippen LogP contribution < -0.4 is 0 Å². The monoisotopic (exact) mass is 1170 g/mol. The number of unbranched alkanes of at least 4 members (excludes halogenated alkanes) is 60. The van der Waals surface area contributed by atoms with Gasteiger partial charge in [0.15, 0.2) is 0 Å². The Labute approximate surface area is 520 Å². The maximum atomic E-state index is 2.60. The molecule has 1 aromatic rings. The lowest BCUT2D eigenvalue weighted by molar-refractivity contribution is 0.521. The van der Waals surface area contributed by atoms with Crippen LogP contribution in [0.1, 0.15) is 438 Å². The molecule has 0 aliphatic rings. The molecule has 474 valence electrons. The van der Waals surface area contributed by atoms with Crippen LogP contribution in [0.5, 0.6) is 0 Å². The maximum absolute atomic E-state index is 2.60. The van der Waals surface area contributed by atoms with Gasteiger partial charge in [0.25, 0.3) is 0 Å². The van der Waals surface area contributed by atoms with E-state index in [1.165, 1.54) is 422 Å². The Bertz CT molecular complexity index is 1220. The smallest absolute Gasteiger partial charge is 0.0344 e. The van der Waals surface area contributed by atoms with Crippen molar-refractivity contribution in [2.45, 2.75) is 453 Å². The Morgan fingerprint density at radius 3 is 0.500 bits per heavy atom. The van der Waals surface area contributed by atoms with Gasteiger partial charge < -0.3 is 0 Å². The van der Waals surface area contributed by atoms with Gasteiger partial charge in [-0.05, 0) is 60.6 Å². The first-order valence-corrected chi connectivity index (χ1v) is 40.8. The standard InChI is InChI=1S/C77H148S3/c1-5-9-12-15-18-21-24-27-30-33-36-39-42-45-48-51-54-57-60-63-66-69-78-75-72-74(8-4)73-76(79-70-67-64-61-58-55-52-49-46-43-40-37-34-31-28-25-22-19-16-13-10-6-2)77(75)80-71-68-65-62-59-56-53-50-47-44-41-38-35-32-29-26-23-20-17-14-11-7-3/h72-73H,5-71H2,1-4H3. The Balaban J connectivity index is 2.34. The van der Waals surface area contributed by atoms with E-state index in [0.29, 0.717) is 0 Å². The quantitative estimate of drug-likeness (QED) is 0.0471. The van der Waals surface area contributed by atoms with E-state index in [1.54, 1.807) is 20.2 Å². The summed E-state index contributed by atoms with van der Waals surface area (Å²) in [5.74, 6) is 3.88. The van der Waals surface area contributed by atoms with E-state index >= 15 is 0 Å². The SMILES string of the molecule is CCCCCCCCCCCCCCCCCCCCCCCSc1cc(CC)cc(SCCCCCCCCCCCCCCCCCCCCCCC)c1SCCCCCCCCCCCCCCCCCCCCCCC. The van der Waals surface area contributed by atoms with Crippen molar-refractivity contribution in [3.8, 4) is 0 Å². The van der Waals surface area contributed by atoms with Gasteiger partial charge in [-0.25, -0.2) is 0 Å².